The average molecular weight is 447 g/mol. The Bertz CT molecular complexity index is 397. The van der Waals surface area contributed by atoms with Crippen molar-refractivity contribution in [2.75, 3.05) is 0 Å². The quantitative estimate of drug-likeness (QED) is 0.163. The second-order valence-corrected chi connectivity index (χ2v) is 11.9. The van der Waals surface area contributed by atoms with E-state index in [9.17, 15) is 0 Å². The van der Waals surface area contributed by atoms with Gasteiger partial charge in [-0.3, -0.25) is 0 Å². The molecule has 0 aromatic carbocycles. The van der Waals surface area contributed by atoms with Crippen LogP contribution in [0.5, 0.6) is 0 Å². The van der Waals surface area contributed by atoms with Crippen LogP contribution in [0.1, 0.15) is 181 Å². The molecule has 0 bridgehead atoms. The van der Waals surface area contributed by atoms with Gasteiger partial charge in [-0.25, -0.2) is 0 Å². The summed E-state index contributed by atoms with van der Waals surface area (Å²) >= 11 is 0. The van der Waals surface area contributed by atoms with Gasteiger partial charge in [-0.05, 0) is 36.5 Å². The molecule has 2 saturated carbocycles. The van der Waals surface area contributed by atoms with Gasteiger partial charge in [-0.15, -0.1) is 0 Å². The molecule has 2 rings (SSSR count). The predicted octanol–water partition coefficient (Wildman–Crippen LogP) is 11.7. The molecular weight excluding hydrogens is 384 g/mol. The maximum Gasteiger partial charge on any atom is -0.0355 e. The van der Waals surface area contributed by atoms with Gasteiger partial charge >= 0.3 is 0 Å². The fourth-order valence-electron chi connectivity index (χ4n) is 7.40. The third-order valence-corrected chi connectivity index (χ3v) is 9.34. The second-order valence-electron chi connectivity index (χ2n) is 11.9. The molecule has 0 nitrogen and oxygen atoms in total. The summed E-state index contributed by atoms with van der Waals surface area (Å²) in [5.74, 6) is 4.42. The molecule has 2 aliphatic carbocycles. The molecule has 4 atom stereocenters. The Labute approximate surface area is 204 Å². The number of unbranched alkanes of at least 4 members (excludes halogenated alkanes) is 15. The van der Waals surface area contributed by atoms with E-state index in [4.69, 9.17) is 0 Å². The van der Waals surface area contributed by atoms with Crippen LogP contribution in [-0.2, 0) is 0 Å². The van der Waals surface area contributed by atoms with Gasteiger partial charge in [0.1, 0.15) is 0 Å². The van der Waals surface area contributed by atoms with E-state index >= 15 is 0 Å². The van der Waals surface area contributed by atoms with Crippen LogP contribution in [0.15, 0.2) is 0 Å². The van der Waals surface area contributed by atoms with E-state index in [1.807, 2.05) is 0 Å². The van der Waals surface area contributed by atoms with E-state index in [0.717, 1.165) is 23.7 Å². The first kappa shape index (κ1) is 28.2. The largest absolute Gasteiger partial charge is 0.0654 e. The number of hydrogen-bond donors (Lipinski definition) is 0. The van der Waals surface area contributed by atoms with Gasteiger partial charge in [0.15, 0.2) is 0 Å². The Morgan fingerprint density at radius 3 is 1.44 bits per heavy atom. The summed E-state index contributed by atoms with van der Waals surface area (Å²) in [7, 11) is 0. The third kappa shape index (κ3) is 11.9. The Balaban J connectivity index is 1.68. The van der Waals surface area contributed by atoms with E-state index in [0.29, 0.717) is 0 Å². The van der Waals surface area contributed by atoms with Crippen LogP contribution in [0.4, 0.5) is 0 Å². The fraction of sp³-hybridized carbons (Fsp3) is 1.00. The lowest BCUT2D eigenvalue weighted by atomic mass is 9.61. The first-order valence-corrected chi connectivity index (χ1v) is 15.9. The van der Waals surface area contributed by atoms with Crippen LogP contribution in [0.2, 0.25) is 0 Å². The van der Waals surface area contributed by atoms with Crippen LogP contribution < -0.4 is 0 Å². The van der Waals surface area contributed by atoms with E-state index in [2.05, 4.69) is 13.8 Å². The van der Waals surface area contributed by atoms with Crippen molar-refractivity contribution < 1.29 is 0 Å². The molecule has 0 N–H and O–H groups in total. The minimum atomic E-state index is 1.07. The lowest BCUT2D eigenvalue weighted by molar-refractivity contribution is 0.0554. The van der Waals surface area contributed by atoms with Gasteiger partial charge in [0.2, 0.25) is 0 Å². The van der Waals surface area contributed by atoms with Crippen molar-refractivity contribution in [3.05, 3.63) is 0 Å². The smallest absolute Gasteiger partial charge is 0.0355 e. The maximum atomic E-state index is 2.33. The molecule has 0 aromatic heterocycles. The number of hydrogen-bond acceptors (Lipinski definition) is 0. The summed E-state index contributed by atoms with van der Waals surface area (Å²) in [6, 6.07) is 0. The first-order valence-electron chi connectivity index (χ1n) is 15.9. The fourth-order valence-corrected chi connectivity index (χ4v) is 7.40. The van der Waals surface area contributed by atoms with Gasteiger partial charge in [-0.1, -0.05) is 168 Å². The summed E-state index contributed by atoms with van der Waals surface area (Å²) in [5.41, 5.74) is 0. The molecule has 0 heteroatoms. The summed E-state index contributed by atoms with van der Waals surface area (Å²) in [6.45, 7) is 4.65. The van der Waals surface area contributed by atoms with Gasteiger partial charge in [0, 0.05) is 0 Å². The normalized spacial score (nSPS) is 24.4. The van der Waals surface area contributed by atoms with Crippen molar-refractivity contribution in [1.29, 1.82) is 0 Å². The van der Waals surface area contributed by atoms with Gasteiger partial charge in [0.25, 0.3) is 0 Å². The Morgan fingerprint density at radius 1 is 0.469 bits per heavy atom. The predicted molar refractivity (Wildman–Crippen MR) is 145 cm³/mol. The molecule has 2 fully saturated rings. The summed E-state index contributed by atoms with van der Waals surface area (Å²) in [6.07, 6.45) is 39.3. The van der Waals surface area contributed by atoms with E-state index in [1.54, 1.807) is 51.4 Å². The number of rotatable bonds is 20. The van der Waals surface area contributed by atoms with Gasteiger partial charge in [-0.2, -0.15) is 0 Å². The SMILES string of the molecule is CCCCCCCCCCCC(CCCCCCCCCC)C1CCCC2CCCCC21. The minimum absolute atomic E-state index is 1.07. The maximum absolute atomic E-state index is 2.33. The third-order valence-electron chi connectivity index (χ3n) is 9.34. The zero-order valence-corrected chi connectivity index (χ0v) is 22.7. The van der Waals surface area contributed by atoms with E-state index < -0.39 is 0 Å². The van der Waals surface area contributed by atoms with Crippen LogP contribution in [-0.4, -0.2) is 0 Å². The molecule has 0 radical (unpaired) electrons. The van der Waals surface area contributed by atoms with Crippen molar-refractivity contribution in [3.8, 4) is 0 Å². The topological polar surface area (TPSA) is 0 Å². The molecule has 32 heavy (non-hydrogen) atoms. The molecule has 190 valence electrons. The lowest BCUT2D eigenvalue weighted by Crippen LogP contribution is -2.35. The van der Waals surface area contributed by atoms with Gasteiger partial charge < -0.3 is 0 Å². The monoisotopic (exact) mass is 446 g/mol. The Morgan fingerprint density at radius 2 is 0.906 bits per heavy atom. The molecular formula is C32H62. The summed E-state index contributed by atoms with van der Waals surface area (Å²) < 4.78 is 0. The molecule has 0 saturated heterocycles. The lowest BCUT2D eigenvalue weighted by Gasteiger charge is -2.45. The highest BCUT2D eigenvalue weighted by Gasteiger charge is 2.38. The Kier molecular flexibility index (Phi) is 17.1. The summed E-state index contributed by atoms with van der Waals surface area (Å²) in [5, 5.41) is 0. The van der Waals surface area contributed by atoms with E-state index in [1.165, 1.54) is 116 Å². The molecule has 0 amide bonds. The van der Waals surface area contributed by atoms with Crippen LogP contribution >= 0.6 is 0 Å². The van der Waals surface area contributed by atoms with Crippen molar-refractivity contribution in [2.45, 2.75) is 181 Å². The average Bonchev–Trinajstić information content (AvgIpc) is 2.83. The van der Waals surface area contributed by atoms with Gasteiger partial charge in [0.05, 0.1) is 0 Å². The second kappa shape index (κ2) is 19.3. The van der Waals surface area contributed by atoms with Crippen molar-refractivity contribution in [3.63, 3.8) is 0 Å². The highest BCUT2D eigenvalue weighted by Crippen LogP contribution is 2.48. The molecule has 0 heterocycles. The zero-order chi connectivity index (χ0) is 22.7. The Hall–Kier alpha value is 0. The summed E-state index contributed by atoms with van der Waals surface area (Å²) in [4.78, 5) is 0. The minimum Gasteiger partial charge on any atom is -0.0654 e. The van der Waals surface area contributed by atoms with E-state index in [-0.39, 0.29) is 0 Å². The van der Waals surface area contributed by atoms with Crippen molar-refractivity contribution in [2.24, 2.45) is 23.7 Å². The van der Waals surface area contributed by atoms with Crippen LogP contribution in [0, 0.1) is 23.7 Å². The highest BCUT2D eigenvalue weighted by molar-refractivity contribution is 4.88. The molecule has 0 aliphatic heterocycles. The molecule has 0 spiro atoms. The van der Waals surface area contributed by atoms with Crippen molar-refractivity contribution >= 4 is 0 Å². The zero-order valence-electron chi connectivity index (χ0n) is 22.7. The van der Waals surface area contributed by atoms with Crippen LogP contribution in [0.3, 0.4) is 0 Å². The standard InChI is InChI=1S/C32H62/c1-3-5-7-9-11-13-15-17-19-24-29(23-18-16-14-12-10-8-6-4-2)32-28-22-26-30-25-20-21-27-31(30)32/h29-32H,3-28H2,1-2H3. The van der Waals surface area contributed by atoms with Crippen molar-refractivity contribution in [1.82, 2.24) is 0 Å². The molecule has 2 aliphatic rings. The first-order chi connectivity index (χ1) is 15.9. The molecule has 4 unspecified atom stereocenters. The van der Waals surface area contributed by atoms with Crippen LogP contribution in [0.25, 0.3) is 0 Å². The highest BCUT2D eigenvalue weighted by atomic mass is 14.4. The molecule has 0 aromatic rings. The number of fused-ring (bicyclic) bond motifs is 1.